The zero-order valence-corrected chi connectivity index (χ0v) is 19.8. The number of anilines is 3. The highest BCUT2D eigenvalue weighted by Crippen LogP contribution is 2.45. The Balaban J connectivity index is 1.47. The van der Waals surface area contributed by atoms with Crippen molar-refractivity contribution in [3.05, 3.63) is 42.2 Å². The van der Waals surface area contributed by atoms with Gasteiger partial charge in [-0.15, -0.1) is 0 Å². The van der Waals surface area contributed by atoms with Crippen LogP contribution in [-0.4, -0.2) is 65.6 Å². The Hall–Kier alpha value is -3.13. The van der Waals surface area contributed by atoms with Gasteiger partial charge in [-0.25, -0.2) is 4.98 Å². The van der Waals surface area contributed by atoms with Crippen LogP contribution in [0.15, 0.2) is 36.5 Å². The molecule has 2 fully saturated rings. The van der Waals surface area contributed by atoms with Gasteiger partial charge in [0.15, 0.2) is 0 Å². The topological polar surface area (TPSA) is 78.3 Å². The summed E-state index contributed by atoms with van der Waals surface area (Å²) in [7, 11) is 3.60. The summed E-state index contributed by atoms with van der Waals surface area (Å²) in [6.45, 7) is 6.29. The summed E-state index contributed by atoms with van der Waals surface area (Å²) in [4.78, 5) is 26.5. The summed E-state index contributed by atoms with van der Waals surface area (Å²) < 4.78 is 2.19. The van der Waals surface area contributed by atoms with Crippen LogP contribution in [0.2, 0.25) is 0 Å². The van der Waals surface area contributed by atoms with Gasteiger partial charge in [0.05, 0.1) is 0 Å². The zero-order valence-electron chi connectivity index (χ0n) is 19.8. The van der Waals surface area contributed by atoms with E-state index in [2.05, 4.69) is 56.3 Å². The van der Waals surface area contributed by atoms with Crippen molar-refractivity contribution < 1.29 is 4.79 Å². The minimum absolute atomic E-state index is 0.00531. The predicted octanol–water partition coefficient (Wildman–Crippen LogP) is 3.58. The molecule has 0 unspecified atom stereocenters. The number of hydrogen-bond donors (Lipinski definition) is 2. The molecule has 174 valence electrons. The summed E-state index contributed by atoms with van der Waals surface area (Å²) >= 11 is 0. The number of rotatable bonds is 6. The van der Waals surface area contributed by atoms with Gasteiger partial charge in [0, 0.05) is 68.8 Å². The molecule has 33 heavy (non-hydrogen) atoms. The van der Waals surface area contributed by atoms with Crippen molar-refractivity contribution in [1.29, 1.82) is 0 Å². The highest BCUT2D eigenvalue weighted by atomic mass is 16.2. The Morgan fingerprint density at radius 1 is 1.18 bits per heavy atom. The van der Waals surface area contributed by atoms with Crippen molar-refractivity contribution in [3.8, 4) is 0 Å². The molecule has 0 atom stereocenters. The van der Waals surface area contributed by atoms with Crippen LogP contribution in [0.5, 0.6) is 0 Å². The molecule has 1 aliphatic carbocycles. The number of amides is 1. The molecule has 1 aromatic carbocycles. The maximum absolute atomic E-state index is 13.0. The average molecular weight is 448 g/mol. The molecular weight excluding hydrogens is 414 g/mol. The number of carbonyl (C=O) groups excluding carboxylic acids is 1. The summed E-state index contributed by atoms with van der Waals surface area (Å²) in [5.41, 5.74) is 3.66. The van der Waals surface area contributed by atoms with E-state index < -0.39 is 0 Å². The Bertz CT molecular complexity index is 1140. The molecule has 1 aliphatic heterocycles. The number of nitrogens with one attached hydrogen (secondary N) is 2. The highest BCUT2D eigenvalue weighted by Gasteiger charge is 2.41. The van der Waals surface area contributed by atoms with E-state index in [-0.39, 0.29) is 11.4 Å². The number of benzene rings is 1. The lowest BCUT2D eigenvalue weighted by atomic mass is 9.74. The molecule has 1 saturated heterocycles. The average Bonchev–Trinajstić information content (AvgIpc) is 3.18. The molecule has 2 N–H and O–H groups in total. The lowest BCUT2D eigenvalue weighted by Crippen LogP contribution is -2.43. The zero-order chi connectivity index (χ0) is 23.0. The molecule has 3 aromatic rings. The van der Waals surface area contributed by atoms with E-state index in [1.807, 2.05) is 12.3 Å². The van der Waals surface area contributed by atoms with Gasteiger partial charge in [-0.2, -0.15) is 4.98 Å². The molecule has 5 rings (SSSR count). The molecular formula is C25H33N7O. The number of fused-ring (bicyclic) bond motifs is 1. The fourth-order valence-corrected chi connectivity index (χ4v) is 5.04. The summed E-state index contributed by atoms with van der Waals surface area (Å²) in [6.07, 6.45) is 6.12. The van der Waals surface area contributed by atoms with Gasteiger partial charge < -0.3 is 25.0 Å². The SMILES string of the molecule is CCC1(n2c(C(=O)N(C)C)cc3cnc(Nc4ccc(N5CCNCC5)cc4)nc32)CCC1. The van der Waals surface area contributed by atoms with Gasteiger partial charge in [-0.3, -0.25) is 4.79 Å². The Labute approximate surface area is 195 Å². The van der Waals surface area contributed by atoms with Crippen LogP contribution < -0.4 is 15.5 Å². The molecule has 0 bridgehead atoms. The normalized spacial score (nSPS) is 17.6. The largest absolute Gasteiger partial charge is 0.369 e. The van der Waals surface area contributed by atoms with E-state index in [0.717, 1.165) is 62.2 Å². The standard InChI is InChI=1S/C25H33N7O/c1-4-25(10-5-11-25)32-21(23(33)30(2)3)16-18-17-27-24(29-22(18)32)28-19-6-8-20(9-7-19)31-14-12-26-13-15-31/h6-9,16-17,26H,4-5,10-15H2,1-3H3,(H,27,28,29). The maximum Gasteiger partial charge on any atom is 0.270 e. The van der Waals surface area contributed by atoms with Crippen molar-refractivity contribution in [2.75, 3.05) is 50.5 Å². The first-order chi connectivity index (χ1) is 16.0. The molecule has 0 radical (unpaired) electrons. The predicted molar refractivity (Wildman–Crippen MR) is 132 cm³/mol. The highest BCUT2D eigenvalue weighted by molar-refractivity contribution is 5.98. The van der Waals surface area contributed by atoms with Gasteiger partial charge >= 0.3 is 0 Å². The Kier molecular flexibility index (Phi) is 5.70. The van der Waals surface area contributed by atoms with Gasteiger partial charge in [0.25, 0.3) is 5.91 Å². The quantitative estimate of drug-likeness (QED) is 0.602. The smallest absolute Gasteiger partial charge is 0.270 e. The van der Waals surface area contributed by atoms with E-state index in [1.165, 1.54) is 12.1 Å². The second kappa shape index (κ2) is 8.67. The van der Waals surface area contributed by atoms with E-state index in [4.69, 9.17) is 4.98 Å². The third-order valence-electron chi connectivity index (χ3n) is 7.19. The third-order valence-corrected chi connectivity index (χ3v) is 7.19. The molecule has 8 heteroatoms. The number of aromatic nitrogens is 3. The van der Waals surface area contributed by atoms with Crippen molar-refractivity contribution in [2.45, 2.75) is 38.1 Å². The molecule has 2 aromatic heterocycles. The number of nitrogens with zero attached hydrogens (tertiary/aromatic N) is 5. The van der Waals surface area contributed by atoms with Crippen LogP contribution in [-0.2, 0) is 5.54 Å². The van der Waals surface area contributed by atoms with Crippen molar-refractivity contribution in [1.82, 2.24) is 24.8 Å². The Morgan fingerprint density at radius 2 is 1.91 bits per heavy atom. The minimum Gasteiger partial charge on any atom is -0.369 e. The van der Waals surface area contributed by atoms with Gasteiger partial charge in [0.1, 0.15) is 11.3 Å². The van der Waals surface area contributed by atoms with Crippen LogP contribution in [0.1, 0.15) is 43.1 Å². The van der Waals surface area contributed by atoms with Crippen molar-refractivity contribution in [2.24, 2.45) is 0 Å². The van der Waals surface area contributed by atoms with Crippen molar-refractivity contribution >= 4 is 34.3 Å². The Morgan fingerprint density at radius 3 is 2.52 bits per heavy atom. The first kappa shape index (κ1) is 21.7. The minimum atomic E-state index is -0.0423. The van der Waals surface area contributed by atoms with Crippen LogP contribution in [0.3, 0.4) is 0 Å². The van der Waals surface area contributed by atoms with E-state index in [9.17, 15) is 4.79 Å². The van der Waals surface area contributed by atoms with Crippen LogP contribution in [0.25, 0.3) is 11.0 Å². The van der Waals surface area contributed by atoms with E-state index in [0.29, 0.717) is 11.6 Å². The first-order valence-corrected chi connectivity index (χ1v) is 11.9. The lowest BCUT2D eigenvalue weighted by molar-refractivity contribution is 0.0780. The maximum atomic E-state index is 13.0. The summed E-state index contributed by atoms with van der Waals surface area (Å²) in [5.74, 6) is 0.553. The van der Waals surface area contributed by atoms with Gasteiger partial charge in [0.2, 0.25) is 5.95 Å². The summed E-state index contributed by atoms with van der Waals surface area (Å²) in [6, 6.07) is 10.4. The first-order valence-electron chi connectivity index (χ1n) is 11.9. The third kappa shape index (κ3) is 3.93. The second-order valence-corrected chi connectivity index (χ2v) is 9.38. The van der Waals surface area contributed by atoms with Crippen LogP contribution in [0, 0.1) is 0 Å². The molecule has 1 saturated carbocycles. The van der Waals surface area contributed by atoms with E-state index in [1.54, 1.807) is 19.0 Å². The lowest BCUT2D eigenvalue weighted by Gasteiger charge is -2.44. The molecule has 8 nitrogen and oxygen atoms in total. The second-order valence-electron chi connectivity index (χ2n) is 9.38. The van der Waals surface area contributed by atoms with Gasteiger partial charge in [-0.05, 0) is 56.0 Å². The van der Waals surface area contributed by atoms with E-state index >= 15 is 0 Å². The fraction of sp³-hybridized carbons (Fsp3) is 0.480. The molecule has 0 spiro atoms. The summed E-state index contributed by atoms with van der Waals surface area (Å²) in [5, 5.41) is 7.65. The molecule has 2 aliphatic rings. The fourth-order valence-electron chi connectivity index (χ4n) is 5.04. The van der Waals surface area contributed by atoms with Crippen LogP contribution >= 0.6 is 0 Å². The molecule has 3 heterocycles. The van der Waals surface area contributed by atoms with Crippen molar-refractivity contribution in [3.63, 3.8) is 0 Å². The number of piperazine rings is 1. The van der Waals surface area contributed by atoms with Gasteiger partial charge in [-0.1, -0.05) is 6.92 Å². The monoisotopic (exact) mass is 447 g/mol. The number of carbonyl (C=O) groups is 1. The molecule has 1 amide bonds. The number of hydrogen-bond acceptors (Lipinski definition) is 6. The van der Waals surface area contributed by atoms with Crippen LogP contribution in [0.4, 0.5) is 17.3 Å².